The molecule has 42 heavy (non-hydrogen) atoms. The molecule has 1 fully saturated rings. The predicted molar refractivity (Wildman–Crippen MR) is 163 cm³/mol. The molecule has 0 bridgehead atoms. The van der Waals surface area contributed by atoms with Gasteiger partial charge in [-0.05, 0) is 30.7 Å². The van der Waals surface area contributed by atoms with Crippen LogP contribution in [0.5, 0.6) is 11.5 Å². The first-order chi connectivity index (χ1) is 20.4. The molecule has 0 saturated carbocycles. The van der Waals surface area contributed by atoms with Gasteiger partial charge in [0.05, 0.1) is 35.5 Å². The van der Waals surface area contributed by atoms with E-state index in [9.17, 15) is 4.79 Å². The maximum atomic E-state index is 12.4. The number of aryl methyl sites for hydroxylation is 1. The van der Waals surface area contributed by atoms with Gasteiger partial charge in [0.25, 0.3) is 5.91 Å². The number of aromatic nitrogens is 4. The number of carbonyl (C=O) groups excluding carboxylic acids is 1. The summed E-state index contributed by atoms with van der Waals surface area (Å²) in [5, 5.41) is 5.49. The molecule has 1 aliphatic rings. The molecule has 0 aliphatic carbocycles. The number of carbonyl (C=O) groups is 1. The zero-order valence-electron chi connectivity index (χ0n) is 23.3. The molecule has 4 heterocycles. The average molecular weight is 607 g/mol. The lowest BCUT2D eigenvalue weighted by molar-refractivity contribution is 0.0322. The zero-order valence-corrected chi connectivity index (χ0v) is 24.9. The summed E-state index contributed by atoms with van der Waals surface area (Å²) in [5.41, 5.74) is 10.3. The molecule has 1 atom stereocenters. The number of amides is 1. The van der Waals surface area contributed by atoms with Gasteiger partial charge in [-0.25, -0.2) is 4.98 Å². The Bertz CT molecular complexity index is 1720. The van der Waals surface area contributed by atoms with Gasteiger partial charge in [-0.1, -0.05) is 29.8 Å². The first-order valence-electron chi connectivity index (χ1n) is 13.7. The van der Waals surface area contributed by atoms with Gasteiger partial charge in [0.15, 0.2) is 0 Å². The second-order valence-corrected chi connectivity index (χ2v) is 11.5. The molecule has 1 amide bonds. The first kappa shape index (κ1) is 28.2. The third kappa shape index (κ3) is 5.86. The summed E-state index contributed by atoms with van der Waals surface area (Å²) in [6.45, 7) is 6.47. The number of morpholine rings is 1. The van der Waals surface area contributed by atoms with E-state index in [-0.39, 0.29) is 0 Å². The molecule has 218 valence electrons. The number of nitrogens with two attached hydrogens (primary N) is 1. The van der Waals surface area contributed by atoms with Crippen LogP contribution in [0.1, 0.15) is 28.3 Å². The van der Waals surface area contributed by atoms with Crippen LogP contribution in [0.15, 0.2) is 61.2 Å². The number of hydrogen-bond acceptors (Lipinski definition) is 8. The number of ether oxygens (including phenoxy) is 3. The van der Waals surface area contributed by atoms with E-state index in [2.05, 4.69) is 15.0 Å². The SMILES string of the molecule is CC(Oc1cc(-n2cnc3cc(-c4cnn(C)c4)ccc32)sc1C(N)=O)c1cccc(OCCN2CCOCC2)c1Cl. The Kier molecular flexibility index (Phi) is 8.16. The molecule has 1 saturated heterocycles. The van der Waals surface area contributed by atoms with Crippen molar-refractivity contribution in [2.24, 2.45) is 12.8 Å². The lowest BCUT2D eigenvalue weighted by Gasteiger charge is -2.26. The van der Waals surface area contributed by atoms with E-state index in [0.717, 1.165) is 65.6 Å². The smallest absolute Gasteiger partial charge is 0.262 e. The second kappa shape index (κ2) is 12.1. The summed E-state index contributed by atoms with van der Waals surface area (Å²) in [5.74, 6) is 0.413. The third-order valence-corrected chi connectivity index (χ3v) is 8.77. The highest BCUT2D eigenvalue weighted by molar-refractivity contribution is 7.16. The molecule has 5 aromatic rings. The molecular weight excluding hydrogens is 576 g/mol. The first-order valence-corrected chi connectivity index (χ1v) is 14.8. The summed E-state index contributed by atoms with van der Waals surface area (Å²) >= 11 is 8.01. The summed E-state index contributed by atoms with van der Waals surface area (Å²) in [6, 6.07) is 13.5. The Hall–Kier alpha value is -3.90. The van der Waals surface area contributed by atoms with Crippen molar-refractivity contribution >= 4 is 39.9 Å². The van der Waals surface area contributed by atoms with Gasteiger partial charge < -0.3 is 19.9 Å². The topological polar surface area (TPSA) is 110 Å². The minimum atomic E-state index is -0.567. The zero-order chi connectivity index (χ0) is 29.2. The van der Waals surface area contributed by atoms with E-state index in [1.54, 1.807) is 11.0 Å². The van der Waals surface area contributed by atoms with Gasteiger partial charge in [0.2, 0.25) is 0 Å². The number of thiophene rings is 1. The summed E-state index contributed by atoms with van der Waals surface area (Å²) < 4.78 is 21.4. The molecule has 3 aromatic heterocycles. The Balaban J connectivity index is 1.21. The van der Waals surface area contributed by atoms with Crippen LogP contribution in [0.3, 0.4) is 0 Å². The van der Waals surface area contributed by atoms with Crippen LogP contribution in [0.4, 0.5) is 0 Å². The van der Waals surface area contributed by atoms with Crippen molar-refractivity contribution in [1.82, 2.24) is 24.2 Å². The summed E-state index contributed by atoms with van der Waals surface area (Å²) in [7, 11) is 1.89. The Labute approximate surface area is 252 Å². The van der Waals surface area contributed by atoms with E-state index in [1.807, 2.05) is 73.4 Å². The summed E-state index contributed by atoms with van der Waals surface area (Å²) in [4.78, 5) is 19.6. The van der Waals surface area contributed by atoms with Crippen molar-refractivity contribution in [2.45, 2.75) is 13.0 Å². The Morgan fingerprint density at radius 1 is 1.17 bits per heavy atom. The molecule has 1 aliphatic heterocycles. The molecule has 2 aromatic carbocycles. The summed E-state index contributed by atoms with van der Waals surface area (Å²) in [6.07, 6.45) is 5.04. The molecule has 12 heteroatoms. The van der Waals surface area contributed by atoms with E-state index in [0.29, 0.717) is 28.0 Å². The van der Waals surface area contributed by atoms with Crippen LogP contribution in [-0.2, 0) is 11.8 Å². The monoisotopic (exact) mass is 606 g/mol. The standard InChI is InChI=1S/C30H31ClN6O4S/c1-19(22-4-3-5-25(28(22)31)40-13-10-36-8-11-39-12-9-36)41-26-15-27(42-29(26)30(32)38)37-18-33-23-14-20(6-7-24(23)37)21-16-34-35(2)17-21/h3-7,14-19H,8-13H2,1-2H3,(H2,32,38). The fourth-order valence-electron chi connectivity index (χ4n) is 4.99. The van der Waals surface area contributed by atoms with Crippen LogP contribution >= 0.6 is 22.9 Å². The lowest BCUT2D eigenvalue weighted by atomic mass is 10.1. The highest BCUT2D eigenvalue weighted by atomic mass is 35.5. The molecule has 0 spiro atoms. The normalized spacial score (nSPS) is 14.7. The quantitative estimate of drug-likeness (QED) is 0.236. The number of primary amides is 1. The van der Waals surface area contributed by atoms with Crippen LogP contribution in [-0.4, -0.2) is 69.6 Å². The average Bonchev–Trinajstić information content (AvgIpc) is 3.72. The van der Waals surface area contributed by atoms with Gasteiger partial charge in [0.1, 0.15) is 40.4 Å². The minimum absolute atomic E-state index is 0.319. The van der Waals surface area contributed by atoms with Crippen molar-refractivity contribution in [3.63, 3.8) is 0 Å². The van der Waals surface area contributed by atoms with E-state index in [1.165, 1.54) is 11.3 Å². The number of rotatable bonds is 10. The minimum Gasteiger partial charge on any atom is -0.491 e. The van der Waals surface area contributed by atoms with Crippen molar-refractivity contribution < 1.29 is 19.0 Å². The van der Waals surface area contributed by atoms with Gasteiger partial charge >= 0.3 is 0 Å². The van der Waals surface area contributed by atoms with Crippen molar-refractivity contribution in [3.8, 4) is 27.6 Å². The Morgan fingerprint density at radius 2 is 2.00 bits per heavy atom. The second-order valence-electron chi connectivity index (χ2n) is 10.1. The van der Waals surface area contributed by atoms with Crippen LogP contribution in [0.2, 0.25) is 5.02 Å². The highest BCUT2D eigenvalue weighted by Gasteiger charge is 2.22. The van der Waals surface area contributed by atoms with Gasteiger partial charge in [-0.2, -0.15) is 5.10 Å². The number of benzene rings is 2. The molecule has 6 rings (SSSR count). The number of imidazole rings is 1. The fourth-order valence-corrected chi connectivity index (χ4v) is 6.26. The van der Waals surface area contributed by atoms with Gasteiger partial charge in [-0.3, -0.25) is 18.9 Å². The number of halogens is 1. The molecule has 10 nitrogen and oxygen atoms in total. The Morgan fingerprint density at radius 3 is 2.76 bits per heavy atom. The highest BCUT2D eigenvalue weighted by Crippen LogP contribution is 2.39. The lowest BCUT2D eigenvalue weighted by Crippen LogP contribution is -2.38. The van der Waals surface area contributed by atoms with Crippen molar-refractivity contribution in [3.05, 3.63) is 76.6 Å². The van der Waals surface area contributed by atoms with Crippen molar-refractivity contribution in [2.75, 3.05) is 39.5 Å². The largest absolute Gasteiger partial charge is 0.491 e. The van der Waals surface area contributed by atoms with E-state index >= 15 is 0 Å². The van der Waals surface area contributed by atoms with Crippen molar-refractivity contribution in [1.29, 1.82) is 0 Å². The van der Waals surface area contributed by atoms with Gasteiger partial charge in [0, 0.05) is 50.1 Å². The molecule has 0 radical (unpaired) electrons. The van der Waals surface area contributed by atoms with Gasteiger partial charge in [-0.15, -0.1) is 11.3 Å². The number of hydrogen-bond donors (Lipinski definition) is 1. The molecular formula is C30H31ClN6O4S. The van der Waals surface area contributed by atoms with Crippen LogP contribution in [0.25, 0.3) is 27.2 Å². The van der Waals surface area contributed by atoms with E-state index in [4.69, 9.17) is 31.5 Å². The molecule has 2 N–H and O–H groups in total. The number of nitrogens with zero attached hydrogens (tertiary/aromatic N) is 5. The predicted octanol–water partition coefficient (Wildman–Crippen LogP) is 5.09. The van der Waals surface area contributed by atoms with Crippen LogP contribution in [0, 0.1) is 0 Å². The number of fused-ring (bicyclic) bond motifs is 1. The maximum Gasteiger partial charge on any atom is 0.262 e. The van der Waals surface area contributed by atoms with E-state index < -0.39 is 12.0 Å². The maximum absolute atomic E-state index is 12.4. The fraction of sp³-hybridized carbons (Fsp3) is 0.300. The third-order valence-electron chi connectivity index (χ3n) is 7.24. The molecule has 1 unspecified atom stereocenters. The van der Waals surface area contributed by atoms with Crippen LogP contribution < -0.4 is 15.2 Å².